The minimum Gasteiger partial charge on any atom is -0.465 e. The van der Waals surface area contributed by atoms with Gasteiger partial charge in [0.15, 0.2) is 0 Å². The zero-order valence-electron chi connectivity index (χ0n) is 43.7. The van der Waals surface area contributed by atoms with Gasteiger partial charge in [0, 0.05) is 7.11 Å². The molecule has 3 unspecified atom stereocenters. The van der Waals surface area contributed by atoms with Crippen LogP contribution in [0.1, 0.15) is 73.6 Å². The SMILES string of the molecule is CCC(C)C(=O)OCCC(F)(F)C(F)(F)C(F)(F)C(F)(F)C(F)(F)C(F)(F)F.CCC(C)C(=O)OCCC(F)(F)C(F)(F)C(F)(F)C(F)(F)F.CCC(C)C(=O)OCCOCCOCCOCCOCCOCCOCCOC. The van der Waals surface area contributed by atoms with Gasteiger partial charge in [0.2, 0.25) is 0 Å². The Bertz CT molecular complexity index is 1670. The van der Waals surface area contributed by atoms with Gasteiger partial charge in [-0.15, -0.1) is 0 Å². The average Bonchev–Trinajstić information content (AvgIpc) is 3.34. The maximum absolute atomic E-state index is 13.4. The lowest BCUT2D eigenvalue weighted by Gasteiger charge is -2.39. The van der Waals surface area contributed by atoms with E-state index in [2.05, 4.69) is 9.47 Å². The number of halogens is 22. The van der Waals surface area contributed by atoms with Crippen LogP contribution in [-0.4, -0.2) is 190 Å². The molecule has 0 saturated heterocycles. The highest BCUT2D eigenvalue weighted by Crippen LogP contribution is 2.61. The predicted molar refractivity (Wildman–Crippen MR) is 229 cm³/mol. The van der Waals surface area contributed by atoms with Crippen LogP contribution in [0.3, 0.4) is 0 Å². The van der Waals surface area contributed by atoms with Crippen LogP contribution in [0.25, 0.3) is 0 Å². The van der Waals surface area contributed by atoms with Crippen molar-refractivity contribution in [1.29, 1.82) is 0 Å². The van der Waals surface area contributed by atoms with Crippen molar-refractivity contribution in [3.63, 3.8) is 0 Å². The summed E-state index contributed by atoms with van der Waals surface area (Å²) in [5.74, 6) is -60.7. The van der Waals surface area contributed by atoms with Crippen molar-refractivity contribution in [2.24, 2.45) is 17.8 Å². The molecule has 0 fully saturated rings. The number of methoxy groups -OCH3 is 1. The zero-order chi connectivity index (χ0) is 62.4. The van der Waals surface area contributed by atoms with Crippen LogP contribution in [0.2, 0.25) is 0 Å². The van der Waals surface area contributed by atoms with Crippen molar-refractivity contribution >= 4 is 17.9 Å². The van der Waals surface area contributed by atoms with Gasteiger partial charge in [0.25, 0.3) is 0 Å². The number of hydrogen-bond donors (Lipinski definition) is 0. The second-order valence-electron chi connectivity index (χ2n) is 16.4. The number of hydrogen-bond acceptors (Lipinski definition) is 13. The molecule has 474 valence electrons. The van der Waals surface area contributed by atoms with Gasteiger partial charge in [0.05, 0.1) is 130 Å². The van der Waals surface area contributed by atoms with Crippen molar-refractivity contribution < 1.29 is 158 Å². The average molecular weight is 1220 g/mol. The zero-order valence-corrected chi connectivity index (χ0v) is 43.7. The third-order valence-electron chi connectivity index (χ3n) is 10.3. The maximum Gasteiger partial charge on any atom is 0.460 e. The first kappa shape index (κ1) is 79.8. The Kier molecular flexibility index (Phi) is 36.6. The van der Waals surface area contributed by atoms with Crippen molar-refractivity contribution in [1.82, 2.24) is 0 Å². The topological polar surface area (TPSA) is 144 Å². The fraction of sp³-hybridized carbons (Fsp3) is 0.932. The first-order valence-corrected chi connectivity index (χ1v) is 23.6. The fourth-order valence-electron chi connectivity index (χ4n) is 4.56. The number of carbonyl (C=O) groups is 3. The van der Waals surface area contributed by atoms with Crippen molar-refractivity contribution in [2.75, 3.05) is 113 Å². The van der Waals surface area contributed by atoms with Gasteiger partial charge in [0.1, 0.15) is 6.61 Å². The molecule has 0 N–H and O–H groups in total. The Morgan fingerprint density at radius 1 is 0.304 bits per heavy atom. The highest BCUT2D eigenvalue weighted by atomic mass is 19.4. The second kappa shape index (κ2) is 36.2. The lowest BCUT2D eigenvalue weighted by molar-refractivity contribution is -0.440. The summed E-state index contributed by atoms with van der Waals surface area (Å²) in [5, 5.41) is 0. The van der Waals surface area contributed by atoms with Crippen LogP contribution in [-0.2, 0) is 61.8 Å². The molecule has 0 spiro atoms. The van der Waals surface area contributed by atoms with Gasteiger partial charge >= 0.3 is 77.6 Å². The molecule has 3 atom stereocenters. The van der Waals surface area contributed by atoms with E-state index in [-0.39, 0.29) is 31.3 Å². The summed E-state index contributed by atoms with van der Waals surface area (Å²) < 4.78 is 329. The molecule has 0 amide bonds. The van der Waals surface area contributed by atoms with Crippen LogP contribution in [0.5, 0.6) is 0 Å². The largest absolute Gasteiger partial charge is 0.465 e. The number of carbonyl (C=O) groups excluding carboxylic acids is 3. The quantitative estimate of drug-likeness (QED) is 0.0249. The van der Waals surface area contributed by atoms with Gasteiger partial charge in [-0.1, -0.05) is 41.5 Å². The van der Waals surface area contributed by atoms with Gasteiger partial charge in [-0.25, -0.2) is 0 Å². The highest BCUT2D eigenvalue weighted by Gasteiger charge is 2.90. The standard InChI is InChI=1S/C20H40O9.C13H13F13O2.C11H13F9O2/c1-4-19(2)20(21)29-18-17-28-16-15-27-14-13-26-12-11-25-10-9-24-8-7-23-6-5-22-3;1-3-6(2)7(27)28-5-4-8(14,15)9(16,17)10(18,19)11(20,21)12(22,23)13(24,25)26;1-3-6(2)7(21)22-5-4-8(12,13)9(14,15)10(16,17)11(18,19)20/h19H,4-18H2,1-3H3;6H,3-5H2,1-2H3;6H,3-5H2,1-2H3. The molecule has 0 radical (unpaired) electrons. The van der Waals surface area contributed by atoms with Crippen LogP contribution < -0.4 is 0 Å². The third-order valence-corrected chi connectivity index (χ3v) is 10.3. The first-order chi connectivity index (χ1) is 35.9. The van der Waals surface area contributed by atoms with Crippen LogP contribution in [0, 0.1) is 17.8 Å². The van der Waals surface area contributed by atoms with Crippen molar-refractivity contribution in [2.45, 2.75) is 133 Å². The molecule has 13 nitrogen and oxygen atoms in total. The van der Waals surface area contributed by atoms with E-state index in [1.54, 1.807) is 7.11 Å². The Morgan fingerprint density at radius 3 is 0.747 bits per heavy atom. The molecule has 0 rings (SSSR count). The molecule has 0 aromatic heterocycles. The van der Waals surface area contributed by atoms with E-state index in [1.165, 1.54) is 27.7 Å². The molecule has 79 heavy (non-hydrogen) atoms. The van der Waals surface area contributed by atoms with Gasteiger partial charge in [-0.2, -0.15) is 96.6 Å². The van der Waals surface area contributed by atoms with E-state index in [0.717, 1.165) is 6.42 Å². The summed E-state index contributed by atoms with van der Waals surface area (Å²) in [6, 6.07) is 0. The molecule has 0 saturated carbocycles. The van der Waals surface area contributed by atoms with Gasteiger partial charge in [-0.05, 0) is 19.3 Å². The van der Waals surface area contributed by atoms with Gasteiger partial charge < -0.3 is 47.4 Å². The molecule has 0 aliphatic rings. The van der Waals surface area contributed by atoms with E-state index < -0.39 is 110 Å². The molecular weight excluding hydrogens is 1150 g/mol. The summed E-state index contributed by atoms with van der Waals surface area (Å²) in [5.41, 5.74) is 0. The van der Waals surface area contributed by atoms with Crippen LogP contribution in [0.15, 0.2) is 0 Å². The van der Waals surface area contributed by atoms with Crippen LogP contribution in [0.4, 0.5) is 96.6 Å². The van der Waals surface area contributed by atoms with E-state index in [4.69, 9.17) is 37.9 Å². The Morgan fingerprint density at radius 2 is 0.506 bits per heavy atom. The lowest BCUT2D eigenvalue weighted by atomic mass is 9.93. The van der Waals surface area contributed by atoms with Crippen molar-refractivity contribution in [3.8, 4) is 0 Å². The molecule has 0 aromatic carbocycles. The normalized spacial score (nSPS) is 14.5. The van der Waals surface area contributed by atoms with Crippen LogP contribution >= 0.6 is 0 Å². The summed E-state index contributed by atoms with van der Waals surface area (Å²) in [6.45, 7) is 13.1. The molecule has 35 heteroatoms. The third kappa shape index (κ3) is 25.7. The Balaban J connectivity index is -0.00000111. The summed E-state index contributed by atoms with van der Waals surface area (Å²) in [6.07, 6.45) is -17.9. The molecule has 0 aromatic rings. The van der Waals surface area contributed by atoms with E-state index in [1.807, 2.05) is 13.8 Å². The van der Waals surface area contributed by atoms with E-state index in [9.17, 15) is 111 Å². The van der Waals surface area contributed by atoms with E-state index >= 15 is 0 Å². The smallest absolute Gasteiger partial charge is 0.460 e. The number of esters is 3. The highest BCUT2D eigenvalue weighted by molar-refractivity contribution is 5.72. The minimum absolute atomic E-state index is 0.0616. The Hall–Kier alpha value is -3.41. The molecule has 0 bridgehead atoms. The summed E-state index contributed by atoms with van der Waals surface area (Å²) in [7, 11) is 1.64. The molecule has 0 heterocycles. The summed E-state index contributed by atoms with van der Waals surface area (Å²) >= 11 is 0. The van der Waals surface area contributed by atoms with Crippen molar-refractivity contribution in [3.05, 3.63) is 0 Å². The second-order valence-corrected chi connectivity index (χ2v) is 16.4. The molecule has 0 aliphatic heterocycles. The Labute approximate surface area is 440 Å². The maximum atomic E-state index is 13.4. The first-order valence-electron chi connectivity index (χ1n) is 23.6. The lowest BCUT2D eigenvalue weighted by Crippen LogP contribution is -2.70. The number of ether oxygens (including phenoxy) is 10. The molecule has 0 aliphatic carbocycles. The predicted octanol–water partition coefficient (Wildman–Crippen LogP) is 11.5. The minimum atomic E-state index is -7.93. The fourth-order valence-corrected chi connectivity index (χ4v) is 4.56. The molecular formula is C44H66F22O13. The monoisotopic (exact) mass is 1220 g/mol. The van der Waals surface area contributed by atoms with Gasteiger partial charge in [-0.3, -0.25) is 14.4 Å². The summed E-state index contributed by atoms with van der Waals surface area (Å²) in [4.78, 5) is 33.7. The van der Waals surface area contributed by atoms with E-state index in [0.29, 0.717) is 85.9 Å². The number of rotatable bonds is 39. The number of alkyl halides is 22.